The predicted octanol–water partition coefficient (Wildman–Crippen LogP) is 2.09. The summed E-state index contributed by atoms with van der Waals surface area (Å²) in [7, 11) is 5.33. The van der Waals surface area contributed by atoms with Crippen molar-refractivity contribution in [1.29, 1.82) is 0 Å². The number of methoxy groups -OCH3 is 1. The lowest BCUT2D eigenvalue weighted by Gasteiger charge is -2.11. The maximum absolute atomic E-state index is 12.2. The number of ether oxygens (including phenoxy) is 1. The standard InChI is InChI=1S/C18H22N4O3/c1-22(2)11-10-19-15-8-9-16(20-12-15)17(23)21-14-6-4-13(5-7-14)18(24)25-3/h4-9,12,19H,10-11H2,1-3H3,(H,21,23). The van der Waals surface area contributed by atoms with Crippen molar-refractivity contribution in [3.63, 3.8) is 0 Å². The molecule has 1 aromatic heterocycles. The van der Waals surface area contributed by atoms with Crippen molar-refractivity contribution in [2.45, 2.75) is 0 Å². The van der Waals surface area contributed by atoms with Crippen molar-refractivity contribution in [2.24, 2.45) is 0 Å². The van der Waals surface area contributed by atoms with Crippen LogP contribution in [0.5, 0.6) is 0 Å². The van der Waals surface area contributed by atoms with Gasteiger partial charge in [-0.05, 0) is 50.5 Å². The fraction of sp³-hybridized carbons (Fsp3) is 0.278. The van der Waals surface area contributed by atoms with Crippen LogP contribution in [0.25, 0.3) is 0 Å². The quantitative estimate of drug-likeness (QED) is 0.750. The van der Waals surface area contributed by atoms with Crippen molar-refractivity contribution in [3.05, 3.63) is 53.9 Å². The third kappa shape index (κ3) is 5.58. The largest absolute Gasteiger partial charge is 0.465 e. The topological polar surface area (TPSA) is 83.6 Å². The lowest BCUT2D eigenvalue weighted by atomic mass is 10.2. The molecule has 0 radical (unpaired) electrons. The number of aromatic nitrogens is 1. The van der Waals surface area contributed by atoms with Crippen LogP contribution in [-0.2, 0) is 4.74 Å². The second kappa shape index (κ2) is 8.79. The van der Waals surface area contributed by atoms with Gasteiger partial charge in [-0.1, -0.05) is 0 Å². The monoisotopic (exact) mass is 342 g/mol. The molecule has 2 aromatic rings. The number of rotatable bonds is 7. The Morgan fingerprint density at radius 3 is 2.32 bits per heavy atom. The first-order valence-electron chi connectivity index (χ1n) is 7.84. The smallest absolute Gasteiger partial charge is 0.337 e. The summed E-state index contributed by atoms with van der Waals surface area (Å²) in [6.07, 6.45) is 1.63. The molecule has 2 rings (SSSR count). The van der Waals surface area contributed by atoms with E-state index >= 15 is 0 Å². The Bertz CT molecular complexity index is 712. The van der Waals surface area contributed by atoms with Gasteiger partial charge in [-0.25, -0.2) is 9.78 Å². The zero-order chi connectivity index (χ0) is 18.2. The highest BCUT2D eigenvalue weighted by Crippen LogP contribution is 2.12. The molecule has 1 amide bonds. The molecule has 0 bridgehead atoms. The SMILES string of the molecule is COC(=O)c1ccc(NC(=O)c2ccc(NCCN(C)C)cn2)cc1. The molecule has 1 aromatic carbocycles. The summed E-state index contributed by atoms with van der Waals surface area (Å²) in [6, 6.07) is 9.94. The highest BCUT2D eigenvalue weighted by atomic mass is 16.5. The minimum Gasteiger partial charge on any atom is -0.465 e. The summed E-state index contributed by atoms with van der Waals surface area (Å²) in [5.74, 6) is -0.734. The van der Waals surface area contributed by atoms with Gasteiger partial charge in [-0.15, -0.1) is 0 Å². The molecule has 0 atom stereocenters. The van der Waals surface area contributed by atoms with Crippen LogP contribution in [0.1, 0.15) is 20.8 Å². The number of likely N-dealkylation sites (N-methyl/N-ethyl adjacent to an activating group) is 1. The molecule has 0 spiro atoms. The minimum absolute atomic E-state index is 0.314. The molecule has 0 aliphatic heterocycles. The number of hydrogen-bond acceptors (Lipinski definition) is 6. The molecule has 1 heterocycles. The van der Waals surface area contributed by atoms with Gasteiger partial charge in [0.25, 0.3) is 5.91 Å². The van der Waals surface area contributed by atoms with Gasteiger partial charge in [0.05, 0.1) is 24.6 Å². The van der Waals surface area contributed by atoms with Crippen LogP contribution in [0.3, 0.4) is 0 Å². The van der Waals surface area contributed by atoms with Gasteiger partial charge in [0.2, 0.25) is 0 Å². The minimum atomic E-state index is -0.420. The van der Waals surface area contributed by atoms with Gasteiger partial charge in [0.1, 0.15) is 5.69 Å². The number of pyridine rings is 1. The second-order valence-corrected chi connectivity index (χ2v) is 5.69. The summed E-state index contributed by atoms with van der Waals surface area (Å²) in [6.45, 7) is 1.70. The average Bonchev–Trinajstić information content (AvgIpc) is 2.62. The normalized spacial score (nSPS) is 10.4. The summed E-state index contributed by atoms with van der Waals surface area (Å²) < 4.78 is 4.63. The lowest BCUT2D eigenvalue weighted by Crippen LogP contribution is -2.21. The van der Waals surface area contributed by atoms with Crippen LogP contribution in [0.2, 0.25) is 0 Å². The van der Waals surface area contributed by atoms with E-state index in [-0.39, 0.29) is 5.91 Å². The van der Waals surface area contributed by atoms with E-state index in [0.717, 1.165) is 18.8 Å². The Hall–Kier alpha value is -2.93. The van der Waals surface area contributed by atoms with Crippen molar-refractivity contribution in [3.8, 4) is 0 Å². The van der Waals surface area contributed by atoms with Crippen LogP contribution < -0.4 is 10.6 Å². The Morgan fingerprint density at radius 2 is 1.76 bits per heavy atom. The maximum Gasteiger partial charge on any atom is 0.337 e. The predicted molar refractivity (Wildman–Crippen MR) is 97.0 cm³/mol. The van der Waals surface area contributed by atoms with E-state index in [1.54, 1.807) is 36.5 Å². The lowest BCUT2D eigenvalue weighted by molar-refractivity contribution is 0.0600. The number of hydrogen-bond donors (Lipinski definition) is 2. The van der Waals surface area contributed by atoms with E-state index in [1.807, 2.05) is 20.2 Å². The Kier molecular flexibility index (Phi) is 6.47. The highest BCUT2D eigenvalue weighted by molar-refractivity contribution is 6.03. The highest BCUT2D eigenvalue weighted by Gasteiger charge is 2.09. The van der Waals surface area contributed by atoms with Gasteiger partial charge < -0.3 is 20.3 Å². The molecule has 2 N–H and O–H groups in total. The second-order valence-electron chi connectivity index (χ2n) is 5.69. The first-order chi connectivity index (χ1) is 12.0. The van der Waals surface area contributed by atoms with Crippen LogP contribution in [0.4, 0.5) is 11.4 Å². The van der Waals surface area contributed by atoms with Crippen molar-refractivity contribution in [2.75, 3.05) is 44.9 Å². The summed E-state index contributed by atoms with van der Waals surface area (Å²) in [5, 5.41) is 5.97. The number of carbonyl (C=O) groups is 2. The zero-order valence-corrected chi connectivity index (χ0v) is 14.6. The van der Waals surface area contributed by atoms with E-state index in [9.17, 15) is 9.59 Å². The molecule has 0 fully saturated rings. The molecular weight excluding hydrogens is 320 g/mol. The average molecular weight is 342 g/mol. The van der Waals surface area contributed by atoms with Gasteiger partial charge in [0, 0.05) is 18.8 Å². The Balaban J connectivity index is 1.93. The zero-order valence-electron chi connectivity index (χ0n) is 14.6. The fourth-order valence-corrected chi connectivity index (χ4v) is 2.06. The number of anilines is 2. The molecule has 0 aliphatic carbocycles. The van der Waals surface area contributed by atoms with Crippen LogP contribution in [0.15, 0.2) is 42.6 Å². The van der Waals surface area contributed by atoms with E-state index in [1.165, 1.54) is 7.11 Å². The molecule has 7 heteroatoms. The third-order valence-corrected chi connectivity index (χ3v) is 3.45. The van der Waals surface area contributed by atoms with E-state index in [4.69, 9.17) is 0 Å². The van der Waals surface area contributed by atoms with Crippen LogP contribution in [-0.4, -0.2) is 56.1 Å². The summed E-state index contributed by atoms with van der Waals surface area (Å²) >= 11 is 0. The molecule has 25 heavy (non-hydrogen) atoms. The van der Waals surface area contributed by atoms with Crippen molar-refractivity contribution in [1.82, 2.24) is 9.88 Å². The Morgan fingerprint density at radius 1 is 1.08 bits per heavy atom. The van der Waals surface area contributed by atoms with Crippen LogP contribution >= 0.6 is 0 Å². The molecular formula is C18H22N4O3. The molecule has 7 nitrogen and oxygen atoms in total. The number of amides is 1. The van der Waals surface area contributed by atoms with Crippen molar-refractivity contribution < 1.29 is 14.3 Å². The molecule has 0 aliphatic rings. The van der Waals surface area contributed by atoms with Gasteiger partial charge >= 0.3 is 5.97 Å². The maximum atomic E-state index is 12.2. The van der Waals surface area contributed by atoms with Gasteiger partial charge in [-0.3, -0.25) is 4.79 Å². The van der Waals surface area contributed by atoms with E-state index in [0.29, 0.717) is 16.9 Å². The molecule has 0 saturated heterocycles. The number of benzene rings is 1. The van der Waals surface area contributed by atoms with E-state index < -0.39 is 5.97 Å². The Labute approximate surface area is 147 Å². The number of esters is 1. The first-order valence-corrected chi connectivity index (χ1v) is 7.84. The number of carbonyl (C=O) groups excluding carboxylic acids is 2. The van der Waals surface area contributed by atoms with Gasteiger partial charge in [-0.2, -0.15) is 0 Å². The summed E-state index contributed by atoms with van der Waals surface area (Å²) in [4.78, 5) is 29.8. The molecule has 0 saturated carbocycles. The number of nitrogens with one attached hydrogen (secondary N) is 2. The van der Waals surface area contributed by atoms with Crippen LogP contribution in [0, 0.1) is 0 Å². The molecule has 0 unspecified atom stereocenters. The number of nitrogens with zero attached hydrogens (tertiary/aromatic N) is 2. The molecule has 132 valence electrons. The summed E-state index contributed by atoms with van der Waals surface area (Å²) in [5.41, 5.74) is 2.18. The van der Waals surface area contributed by atoms with Gasteiger partial charge in [0.15, 0.2) is 0 Å². The van der Waals surface area contributed by atoms with Crippen molar-refractivity contribution >= 4 is 23.3 Å². The van der Waals surface area contributed by atoms with E-state index in [2.05, 4.69) is 25.3 Å². The first kappa shape index (κ1) is 18.4. The third-order valence-electron chi connectivity index (χ3n) is 3.45. The fourth-order valence-electron chi connectivity index (χ4n) is 2.06.